The molecule has 0 aliphatic rings. The van der Waals surface area contributed by atoms with Gasteiger partial charge in [0, 0.05) is 17.3 Å². The molecule has 16 heavy (non-hydrogen) atoms. The Balaban J connectivity index is 2.57. The van der Waals surface area contributed by atoms with Gasteiger partial charge in [-0.25, -0.2) is 0 Å². The fourth-order valence-electron chi connectivity index (χ4n) is 0.920. The van der Waals surface area contributed by atoms with Crippen LogP contribution in [0.25, 0.3) is 0 Å². The van der Waals surface area contributed by atoms with E-state index >= 15 is 0 Å². The summed E-state index contributed by atoms with van der Waals surface area (Å²) in [5.74, 6) is -0.0801. The zero-order chi connectivity index (χ0) is 12.3. The topological polar surface area (TPSA) is 55.1 Å². The van der Waals surface area contributed by atoms with E-state index in [2.05, 4.69) is 27.9 Å². The van der Waals surface area contributed by atoms with Crippen molar-refractivity contribution in [1.82, 2.24) is 5.32 Å². The lowest BCUT2D eigenvalue weighted by molar-refractivity contribution is 0.0945. The van der Waals surface area contributed by atoms with Crippen molar-refractivity contribution >= 4 is 57.0 Å². The van der Waals surface area contributed by atoms with E-state index in [4.69, 9.17) is 18.0 Å². The van der Waals surface area contributed by atoms with Crippen molar-refractivity contribution in [2.45, 2.75) is 13.8 Å². The number of carbonyl (C=O) groups excluding carboxylic acids is 1. The van der Waals surface area contributed by atoms with E-state index in [1.807, 2.05) is 25.3 Å². The summed E-state index contributed by atoms with van der Waals surface area (Å²) in [6.45, 7) is 4.27. The van der Waals surface area contributed by atoms with Gasteiger partial charge in [0.25, 0.3) is 5.91 Å². The van der Waals surface area contributed by atoms with Gasteiger partial charge in [-0.1, -0.05) is 26.1 Å². The van der Waals surface area contributed by atoms with Gasteiger partial charge in [0.1, 0.15) is 0 Å². The summed E-state index contributed by atoms with van der Waals surface area (Å²) < 4.78 is 1.09. The SMILES string of the molecule is CC(C)(CNC(=O)c1csc(I)c1)C(N)=S. The maximum Gasteiger partial charge on any atom is 0.252 e. The molecule has 1 heterocycles. The number of nitrogens with two attached hydrogens (primary N) is 1. The van der Waals surface area contributed by atoms with Crippen LogP contribution in [-0.4, -0.2) is 17.4 Å². The monoisotopic (exact) mass is 368 g/mol. The fraction of sp³-hybridized carbons (Fsp3) is 0.400. The predicted octanol–water partition coefficient (Wildman–Crippen LogP) is 2.39. The molecule has 0 aliphatic heterocycles. The van der Waals surface area contributed by atoms with E-state index in [9.17, 15) is 4.79 Å². The highest BCUT2D eigenvalue weighted by Gasteiger charge is 2.22. The van der Waals surface area contributed by atoms with Crippen molar-refractivity contribution in [1.29, 1.82) is 0 Å². The zero-order valence-electron chi connectivity index (χ0n) is 9.04. The van der Waals surface area contributed by atoms with Crippen LogP contribution < -0.4 is 11.1 Å². The molecular formula is C10H13IN2OS2. The first kappa shape index (κ1) is 13.9. The highest BCUT2D eigenvalue weighted by Crippen LogP contribution is 2.17. The van der Waals surface area contributed by atoms with Crippen LogP contribution in [0.1, 0.15) is 24.2 Å². The second kappa shape index (κ2) is 5.42. The Kier molecular flexibility index (Phi) is 4.69. The number of hydrogen-bond acceptors (Lipinski definition) is 3. The first-order chi connectivity index (χ1) is 7.33. The van der Waals surface area contributed by atoms with Gasteiger partial charge in [-0.15, -0.1) is 11.3 Å². The summed E-state index contributed by atoms with van der Waals surface area (Å²) in [4.78, 5) is 12.1. The Morgan fingerprint density at radius 2 is 2.31 bits per heavy atom. The van der Waals surface area contributed by atoms with Gasteiger partial charge >= 0.3 is 0 Å². The third kappa shape index (κ3) is 3.67. The molecule has 3 N–H and O–H groups in total. The normalized spacial score (nSPS) is 11.2. The lowest BCUT2D eigenvalue weighted by Crippen LogP contribution is -2.41. The average molecular weight is 368 g/mol. The predicted molar refractivity (Wildman–Crippen MR) is 79.9 cm³/mol. The molecule has 0 bridgehead atoms. The van der Waals surface area contributed by atoms with Crippen molar-refractivity contribution in [3.8, 4) is 0 Å². The van der Waals surface area contributed by atoms with Crippen LogP contribution in [0.5, 0.6) is 0 Å². The third-order valence-corrected chi connectivity index (χ3v) is 4.53. The Labute approximate surface area is 118 Å². The Morgan fingerprint density at radius 1 is 1.69 bits per heavy atom. The largest absolute Gasteiger partial charge is 0.393 e. The molecular weight excluding hydrogens is 355 g/mol. The van der Waals surface area contributed by atoms with Crippen LogP contribution >= 0.6 is 46.1 Å². The van der Waals surface area contributed by atoms with Gasteiger partial charge in [0.15, 0.2) is 0 Å². The maximum absolute atomic E-state index is 11.7. The highest BCUT2D eigenvalue weighted by atomic mass is 127. The minimum Gasteiger partial charge on any atom is -0.393 e. The molecule has 1 amide bonds. The molecule has 0 saturated heterocycles. The number of thiophene rings is 1. The molecule has 0 saturated carbocycles. The molecule has 0 radical (unpaired) electrons. The lowest BCUT2D eigenvalue weighted by Gasteiger charge is -2.23. The number of rotatable bonds is 4. The molecule has 0 spiro atoms. The van der Waals surface area contributed by atoms with Gasteiger partial charge in [-0.2, -0.15) is 0 Å². The molecule has 0 aromatic carbocycles. The van der Waals surface area contributed by atoms with Crippen LogP contribution in [0.2, 0.25) is 0 Å². The van der Waals surface area contributed by atoms with E-state index in [-0.39, 0.29) is 11.3 Å². The van der Waals surface area contributed by atoms with Crippen molar-refractivity contribution in [3.63, 3.8) is 0 Å². The second-order valence-electron chi connectivity index (χ2n) is 4.07. The summed E-state index contributed by atoms with van der Waals surface area (Å²) in [5, 5.41) is 4.67. The molecule has 0 fully saturated rings. The van der Waals surface area contributed by atoms with Gasteiger partial charge in [0.05, 0.1) is 13.4 Å². The molecule has 1 aromatic heterocycles. The smallest absolute Gasteiger partial charge is 0.252 e. The number of hydrogen-bond donors (Lipinski definition) is 2. The molecule has 88 valence electrons. The molecule has 6 heteroatoms. The Bertz CT molecular complexity index is 415. The van der Waals surface area contributed by atoms with Crippen LogP contribution in [0.4, 0.5) is 0 Å². The van der Waals surface area contributed by atoms with Crippen molar-refractivity contribution < 1.29 is 4.79 Å². The Morgan fingerprint density at radius 3 is 2.75 bits per heavy atom. The Hall–Kier alpha value is -0.210. The van der Waals surface area contributed by atoms with Crippen LogP contribution in [-0.2, 0) is 0 Å². The second-order valence-corrected chi connectivity index (χ2v) is 7.32. The van der Waals surface area contributed by atoms with Crippen molar-refractivity contribution in [3.05, 3.63) is 19.9 Å². The maximum atomic E-state index is 11.7. The highest BCUT2D eigenvalue weighted by molar-refractivity contribution is 14.1. The first-order valence-electron chi connectivity index (χ1n) is 4.65. The molecule has 0 aliphatic carbocycles. The van der Waals surface area contributed by atoms with E-state index in [1.165, 1.54) is 0 Å². The number of thiocarbonyl (C=S) groups is 1. The molecule has 0 atom stereocenters. The lowest BCUT2D eigenvalue weighted by atomic mass is 9.93. The van der Waals surface area contributed by atoms with Crippen molar-refractivity contribution in [2.24, 2.45) is 11.1 Å². The standard InChI is InChI=1S/C10H13IN2OS2/c1-10(2,9(12)15)5-13-8(14)6-3-7(11)16-4-6/h3-4H,5H2,1-2H3,(H2,12,15)(H,13,14). The minimum atomic E-state index is -0.353. The van der Waals surface area contributed by atoms with Crippen LogP contribution in [0, 0.1) is 8.30 Å². The zero-order valence-corrected chi connectivity index (χ0v) is 12.8. The van der Waals surface area contributed by atoms with Gasteiger partial charge in [0.2, 0.25) is 0 Å². The third-order valence-electron chi connectivity index (χ3n) is 2.19. The van der Waals surface area contributed by atoms with Crippen LogP contribution in [0.3, 0.4) is 0 Å². The van der Waals surface area contributed by atoms with Gasteiger partial charge in [-0.05, 0) is 28.7 Å². The molecule has 1 aromatic rings. The number of carbonyl (C=O) groups is 1. The van der Waals surface area contributed by atoms with E-state index in [1.54, 1.807) is 11.3 Å². The van der Waals surface area contributed by atoms with Gasteiger partial charge < -0.3 is 11.1 Å². The summed E-state index contributed by atoms with van der Waals surface area (Å²) in [7, 11) is 0. The first-order valence-corrected chi connectivity index (χ1v) is 7.02. The summed E-state index contributed by atoms with van der Waals surface area (Å²) in [5.41, 5.74) is 5.92. The van der Waals surface area contributed by atoms with E-state index < -0.39 is 0 Å². The molecule has 0 unspecified atom stereocenters. The average Bonchev–Trinajstić information content (AvgIpc) is 2.61. The number of nitrogens with one attached hydrogen (secondary N) is 1. The van der Waals surface area contributed by atoms with E-state index in [0.717, 1.165) is 2.88 Å². The quantitative estimate of drug-likeness (QED) is 0.634. The molecule has 3 nitrogen and oxygen atoms in total. The summed E-state index contributed by atoms with van der Waals surface area (Å²) in [6.07, 6.45) is 0. The fourth-order valence-corrected chi connectivity index (χ4v) is 2.32. The minimum absolute atomic E-state index is 0.0801. The summed E-state index contributed by atoms with van der Waals surface area (Å²) >= 11 is 8.67. The number of halogens is 1. The number of amides is 1. The molecule has 1 rings (SSSR count). The van der Waals surface area contributed by atoms with Gasteiger partial charge in [-0.3, -0.25) is 4.79 Å². The van der Waals surface area contributed by atoms with Crippen molar-refractivity contribution in [2.75, 3.05) is 6.54 Å². The van der Waals surface area contributed by atoms with Crippen LogP contribution in [0.15, 0.2) is 11.4 Å². The van der Waals surface area contributed by atoms with E-state index in [0.29, 0.717) is 17.1 Å². The summed E-state index contributed by atoms with van der Waals surface area (Å²) in [6, 6.07) is 1.86.